The van der Waals surface area contributed by atoms with Crippen LogP contribution in [0.15, 0.2) is 0 Å². The third kappa shape index (κ3) is 4.35. The van der Waals surface area contributed by atoms with Gasteiger partial charge in [-0.25, -0.2) is 4.79 Å². The summed E-state index contributed by atoms with van der Waals surface area (Å²) in [5.41, 5.74) is 1.09. The zero-order valence-electron chi connectivity index (χ0n) is 14.5. The number of ether oxygens (including phenoxy) is 1. The minimum Gasteiger partial charge on any atom is -0.449 e. The molecule has 1 heterocycles. The molecule has 0 spiro atoms. The van der Waals surface area contributed by atoms with E-state index in [4.69, 9.17) is 4.74 Å². The number of anilines is 1. The summed E-state index contributed by atoms with van der Waals surface area (Å²) in [4.78, 5) is 36.9. The SMILES string of the molecule is CC(=O)Nc1sc(C)c(C)c1C(=O)O[C@@H](C)C(=O)NC1CCCC1. The molecule has 1 aromatic heterocycles. The Morgan fingerprint density at radius 2 is 1.83 bits per heavy atom. The van der Waals surface area contributed by atoms with Gasteiger partial charge in [0, 0.05) is 17.8 Å². The van der Waals surface area contributed by atoms with Crippen LogP contribution in [-0.4, -0.2) is 29.9 Å². The highest BCUT2D eigenvalue weighted by Gasteiger charge is 2.27. The number of hydrogen-bond donors (Lipinski definition) is 2. The van der Waals surface area contributed by atoms with Crippen LogP contribution in [0, 0.1) is 13.8 Å². The summed E-state index contributed by atoms with van der Waals surface area (Å²) < 4.78 is 5.33. The van der Waals surface area contributed by atoms with E-state index in [0.717, 1.165) is 36.1 Å². The molecule has 2 rings (SSSR count). The fourth-order valence-corrected chi connectivity index (χ4v) is 3.88. The first-order valence-electron chi connectivity index (χ1n) is 8.18. The van der Waals surface area contributed by atoms with E-state index >= 15 is 0 Å². The zero-order chi connectivity index (χ0) is 17.9. The van der Waals surface area contributed by atoms with E-state index in [1.807, 2.05) is 6.92 Å². The maximum Gasteiger partial charge on any atom is 0.342 e. The van der Waals surface area contributed by atoms with Crippen LogP contribution >= 0.6 is 11.3 Å². The summed E-state index contributed by atoms with van der Waals surface area (Å²) >= 11 is 1.33. The van der Waals surface area contributed by atoms with E-state index in [1.54, 1.807) is 13.8 Å². The summed E-state index contributed by atoms with van der Waals surface area (Å²) in [6.45, 7) is 6.63. The zero-order valence-corrected chi connectivity index (χ0v) is 15.3. The van der Waals surface area contributed by atoms with Gasteiger partial charge in [0.1, 0.15) is 5.00 Å². The maximum absolute atomic E-state index is 12.5. The van der Waals surface area contributed by atoms with Crippen molar-refractivity contribution in [1.29, 1.82) is 0 Å². The van der Waals surface area contributed by atoms with Crippen LogP contribution < -0.4 is 10.6 Å². The lowest BCUT2D eigenvalue weighted by atomic mass is 10.1. The molecular weight excluding hydrogens is 328 g/mol. The Labute approximate surface area is 146 Å². The summed E-state index contributed by atoms with van der Waals surface area (Å²) in [6, 6.07) is 0.179. The fourth-order valence-electron chi connectivity index (χ4n) is 2.78. The van der Waals surface area contributed by atoms with E-state index in [-0.39, 0.29) is 17.9 Å². The Hall–Kier alpha value is -1.89. The molecule has 0 radical (unpaired) electrons. The van der Waals surface area contributed by atoms with Crippen molar-refractivity contribution >= 4 is 34.1 Å². The Morgan fingerprint density at radius 3 is 2.42 bits per heavy atom. The van der Waals surface area contributed by atoms with Crippen molar-refractivity contribution in [3.63, 3.8) is 0 Å². The van der Waals surface area contributed by atoms with Gasteiger partial charge in [0.2, 0.25) is 5.91 Å². The molecule has 0 saturated heterocycles. The van der Waals surface area contributed by atoms with Gasteiger partial charge in [-0.1, -0.05) is 12.8 Å². The highest BCUT2D eigenvalue weighted by Crippen LogP contribution is 2.33. The van der Waals surface area contributed by atoms with Crippen LogP contribution in [0.5, 0.6) is 0 Å². The number of amides is 2. The normalized spacial score (nSPS) is 15.8. The summed E-state index contributed by atoms with van der Waals surface area (Å²) in [6.07, 6.45) is 3.31. The summed E-state index contributed by atoms with van der Waals surface area (Å²) in [5, 5.41) is 6.04. The van der Waals surface area contributed by atoms with Gasteiger partial charge < -0.3 is 15.4 Å². The van der Waals surface area contributed by atoms with Crippen LogP contribution in [0.2, 0.25) is 0 Å². The molecule has 1 aromatic rings. The third-order valence-corrected chi connectivity index (χ3v) is 5.36. The van der Waals surface area contributed by atoms with Crippen LogP contribution in [0.3, 0.4) is 0 Å². The standard InChI is InChI=1S/C17H24N2O4S/c1-9-11(3)24-16(18-12(4)20)14(9)17(22)23-10(2)15(21)19-13-7-5-6-8-13/h10,13H,5-8H2,1-4H3,(H,18,20)(H,19,21)/t10-/m0/s1. The molecule has 1 aliphatic rings. The number of nitrogens with one attached hydrogen (secondary N) is 2. The molecule has 2 amide bonds. The van der Waals surface area contributed by atoms with Crippen LogP contribution in [0.4, 0.5) is 5.00 Å². The van der Waals surface area contributed by atoms with Crippen molar-refractivity contribution in [3.8, 4) is 0 Å². The maximum atomic E-state index is 12.5. The van der Waals surface area contributed by atoms with Crippen molar-refractivity contribution in [1.82, 2.24) is 5.32 Å². The second-order valence-corrected chi connectivity index (χ2v) is 7.43. The quantitative estimate of drug-likeness (QED) is 0.798. The van der Waals surface area contributed by atoms with Gasteiger partial charge >= 0.3 is 5.97 Å². The minimum absolute atomic E-state index is 0.179. The molecule has 132 valence electrons. The average molecular weight is 352 g/mol. The predicted octanol–water partition coefficient (Wildman–Crippen LogP) is 2.93. The molecule has 0 bridgehead atoms. The molecule has 1 fully saturated rings. The van der Waals surface area contributed by atoms with Crippen molar-refractivity contribution in [2.75, 3.05) is 5.32 Å². The summed E-state index contributed by atoms with van der Waals surface area (Å²) in [7, 11) is 0. The van der Waals surface area contributed by atoms with E-state index in [1.165, 1.54) is 18.3 Å². The molecule has 1 atom stereocenters. The van der Waals surface area contributed by atoms with Crippen molar-refractivity contribution in [3.05, 3.63) is 16.0 Å². The minimum atomic E-state index is -0.872. The second kappa shape index (κ2) is 7.79. The molecule has 1 saturated carbocycles. The third-order valence-electron chi connectivity index (χ3n) is 4.23. The topological polar surface area (TPSA) is 84.5 Å². The number of hydrogen-bond acceptors (Lipinski definition) is 5. The van der Waals surface area contributed by atoms with Crippen molar-refractivity contribution < 1.29 is 19.1 Å². The molecule has 7 heteroatoms. The monoisotopic (exact) mass is 352 g/mol. The predicted molar refractivity (Wildman–Crippen MR) is 93.4 cm³/mol. The lowest BCUT2D eigenvalue weighted by Gasteiger charge is -2.17. The lowest BCUT2D eigenvalue weighted by Crippen LogP contribution is -2.40. The average Bonchev–Trinajstić information content (AvgIpc) is 3.07. The van der Waals surface area contributed by atoms with Gasteiger partial charge in [-0.05, 0) is 39.2 Å². The highest BCUT2D eigenvalue weighted by molar-refractivity contribution is 7.16. The van der Waals surface area contributed by atoms with Crippen LogP contribution in [0.25, 0.3) is 0 Å². The van der Waals surface area contributed by atoms with E-state index in [2.05, 4.69) is 10.6 Å². The molecule has 0 unspecified atom stereocenters. The lowest BCUT2D eigenvalue weighted by molar-refractivity contribution is -0.129. The molecule has 0 aliphatic heterocycles. The number of thiophene rings is 1. The van der Waals surface area contributed by atoms with Gasteiger partial charge in [-0.3, -0.25) is 9.59 Å². The van der Waals surface area contributed by atoms with Crippen molar-refractivity contribution in [2.45, 2.75) is 65.5 Å². The fraction of sp³-hybridized carbons (Fsp3) is 0.588. The largest absolute Gasteiger partial charge is 0.449 e. The van der Waals surface area contributed by atoms with Crippen LogP contribution in [0.1, 0.15) is 60.3 Å². The first-order valence-corrected chi connectivity index (χ1v) is 9.00. The number of aryl methyl sites for hydroxylation is 1. The van der Waals surface area contributed by atoms with E-state index < -0.39 is 12.1 Å². The molecule has 2 N–H and O–H groups in total. The number of carbonyl (C=O) groups is 3. The van der Waals surface area contributed by atoms with Crippen molar-refractivity contribution in [2.24, 2.45) is 0 Å². The van der Waals surface area contributed by atoms with Gasteiger partial charge in [-0.2, -0.15) is 0 Å². The Kier molecular flexibility index (Phi) is 5.99. The molecule has 0 aromatic carbocycles. The molecule has 24 heavy (non-hydrogen) atoms. The Bertz CT molecular complexity index is 647. The van der Waals surface area contributed by atoms with Crippen LogP contribution in [-0.2, 0) is 14.3 Å². The highest BCUT2D eigenvalue weighted by atomic mass is 32.1. The summed E-state index contributed by atoms with van der Waals surface area (Å²) in [5.74, 6) is -1.12. The van der Waals surface area contributed by atoms with Gasteiger partial charge in [-0.15, -0.1) is 11.3 Å². The van der Waals surface area contributed by atoms with Gasteiger partial charge in [0.05, 0.1) is 5.56 Å². The second-order valence-electron chi connectivity index (χ2n) is 6.21. The molecular formula is C17H24N2O4S. The first kappa shape index (κ1) is 18.4. The molecule has 1 aliphatic carbocycles. The van der Waals surface area contributed by atoms with E-state index in [9.17, 15) is 14.4 Å². The first-order chi connectivity index (χ1) is 11.3. The van der Waals surface area contributed by atoms with Gasteiger partial charge in [0.25, 0.3) is 5.91 Å². The smallest absolute Gasteiger partial charge is 0.342 e. The Morgan fingerprint density at radius 1 is 1.21 bits per heavy atom. The van der Waals surface area contributed by atoms with E-state index in [0.29, 0.717) is 10.6 Å². The number of esters is 1. The number of rotatable bonds is 5. The Balaban J connectivity index is 2.05. The van der Waals surface area contributed by atoms with Gasteiger partial charge in [0.15, 0.2) is 6.10 Å². The number of carbonyl (C=O) groups excluding carboxylic acids is 3. The molecule has 6 nitrogen and oxygen atoms in total.